The topological polar surface area (TPSA) is 72.6 Å². The van der Waals surface area contributed by atoms with Gasteiger partial charge in [-0.1, -0.05) is 30.3 Å². The van der Waals surface area contributed by atoms with Gasteiger partial charge in [-0.3, -0.25) is 9.59 Å². The zero-order chi connectivity index (χ0) is 19.2. The zero-order valence-corrected chi connectivity index (χ0v) is 15.6. The maximum absolute atomic E-state index is 12.6. The highest BCUT2D eigenvalue weighted by atomic mass is 16.5. The minimum Gasteiger partial charge on any atom is -0.497 e. The lowest BCUT2D eigenvalue weighted by Gasteiger charge is -2.16. The summed E-state index contributed by atoms with van der Waals surface area (Å²) in [6.45, 7) is 1.88. The first-order valence-corrected chi connectivity index (χ1v) is 9.32. The van der Waals surface area contributed by atoms with Crippen LogP contribution in [0.2, 0.25) is 0 Å². The molecule has 2 atom stereocenters. The summed E-state index contributed by atoms with van der Waals surface area (Å²) in [4.78, 5) is 26.8. The molecule has 142 valence electrons. The summed E-state index contributed by atoms with van der Waals surface area (Å²) < 4.78 is 5.10. The van der Waals surface area contributed by atoms with Gasteiger partial charge >= 0.3 is 0 Å². The zero-order valence-electron chi connectivity index (χ0n) is 15.6. The van der Waals surface area contributed by atoms with Gasteiger partial charge in [0.05, 0.1) is 7.11 Å². The largest absolute Gasteiger partial charge is 0.497 e. The lowest BCUT2D eigenvalue weighted by molar-refractivity contribution is -0.130. The number of hydrogen-bond acceptors (Lipinski definition) is 4. The fourth-order valence-corrected chi connectivity index (χ4v) is 3.69. The first kappa shape index (κ1) is 19.1. The van der Waals surface area contributed by atoms with E-state index in [0.29, 0.717) is 30.9 Å². The number of nitrogens with two attached hydrogens (primary N) is 1. The van der Waals surface area contributed by atoms with Crippen molar-refractivity contribution in [1.82, 2.24) is 4.90 Å². The molecule has 2 aromatic rings. The molecule has 0 radical (unpaired) electrons. The quantitative estimate of drug-likeness (QED) is 0.765. The Morgan fingerprint density at radius 3 is 2.37 bits per heavy atom. The Labute approximate surface area is 160 Å². The molecule has 1 heterocycles. The van der Waals surface area contributed by atoms with Crippen LogP contribution in [-0.4, -0.2) is 43.3 Å². The molecule has 1 saturated heterocycles. The lowest BCUT2D eigenvalue weighted by atomic mass is 9.89. The van der Waals surface area contributed by atoms with Crippen molar-refractivity contribution < 1.29 is 14.3 Å². The maximum Gasteiger partial charge on any atom is 0.223 e. The number of rotatable bonds is 7. The number of Topliss-reactive ketones (excluding diaryl/α,β-unsaturated/α-hetero) is 1. The van der Waals surface area contributed by atoms with Crippen LogP contribution in [0.25, 0.3) is 0 Å². The Balaban J connectivity index is 1.57. The van der Waals surface area contributed by atoms with Crippen molar-refractivity contribution in [2.75, 3.05) is 26.7 Å². The normalized spacial score (nSPS) is 19.1. The van der Waals surface area contributed by atoms with Crippen LogP contribution >= 0.6 is 0 Å². The van der Waals surface area contributed by atoms with Crippen molar-refractivity contribution >= 4 is 11.7 Å². The van der Waals surface area contributed by atoms with Crippen molar-refractivity contribution in [3.8, 4) is 5.75 Å². The van der Waals surface area contributed by atoms with Crippen molar-refractivity contribution in [3.63, 3.8) is 0 Å². The summed E-state index contributed by atoms with van der Waals surface area (Å²) in [7, 11) is 1.59. The second-order valence-corrected chi connectivity index (χ2v) is 6.96. The molecule has 0 aliphatic carbocycles. The molecule has 3 rings (SSSR count). The van der Waals surface area contributed by atoms with Gasteiger partial charge in [0, 0.05) is 37.4 Å². The van der Waals surface area contributed by atoms with Crippen molar-refractivity contribution in [2.24, 2.45) is 11.7 Å². The van der Waals surface area contributed by atoms with Gasteiger partial charge in [-0.15, -0.1) is 0 Å². The summed E-state index contributed by atoms with van der Waals surface area (Å²) in [5.74, 6) is 1.22. The molecule has 0 unspecified atom stereocenters. The van der Waals surface area contributed by atoms with Gasteiger partial charge in [0.25, 0.3) is 0 Å². The van der Waals surface area contributed by atoms with Crippen LogP contribution in [0.15, 0.2) is 54.6 Å². The summed E-state index contributed by atoms with van der Waals surface area (Å²) in [6, 6.07) is 17.2. The molecule has 2 N–H and O–H groups in total. The van der Waals surface area contributed by atoms with Gasteiger partial charge in [-0.25, -0.2) is 0 Å². The predicted octanol–water partition coefficient (Wildman–Crippen LogP) is 2.86. The number of ketones is 1. The Hall–Kier alpha value is -2.66. The molecule has 0 saturated carbocycles. The molecule has 1 aliphatic heterocycles. The smallest absolute Gasteiger partial charge is 0.223 e. The molecule has 0 bridgehead atoms. The number of carbonyl (C=O) groups excluding carboxylic acids is 2. The fourth-order valence-electron chi connectivity index (χ4n) is 3.69. The third-order valence-electron chi connectivity index (χ3n) is 5.30. The summed E-state index contributed by atoms with van der Waals surface area (Å²) in [5.41, 5.74) is 7.77. The van der Waals surface area contributed by atoms with E-state index in [4.69, 9.17) is 10.5 Å². The Bertz CT molecular complexity index is 774. The van der Waals surface area contributed by atoms with E-state index in [-0.39, 0.29) is 36.4 Å². The first-order chi connectivity index (χ1) is 13.1. The molecule has 1 aliphatic rings. The average Bonchev–Trinajstić information content (AvgIpc) is 3.17. The van der Waals surface area contributed by atoms with Crippen LogP contribution in [0.3, 0.4) is 0 Å². The number of amides is 1. The van der Waals surface area contributed by atoms with Crippen LogP contribution in [0.1, 0.15) is 34.7 Å². The standard InChI is InChI=1S/C22H26N2O3/c1-27-19-9-7-17(8-10-19)21(25)11-12-22(26)24-14-18(13-23)20(15-24)16-5-3-2-4-6-16/h2-10,18,20H,11-15,23H2,1H3/t18-,20+/m1/s1. The number of likely N-dealkylation sites (tertiary alicyclic amines) is 1. The second-order valence-electron chi connectivity index (χ2n) is 6.96. The minimum atomic E-state index is -0.0276. The number of ether oxygens (including phenoxy) is 1. The molecular formula is C22H26N2O3. The fraction of sp³-hybridized carbons (Fsp3) is 0.364. The summed E-state index contributed by atoms with van der Waals surface area (Å²) in [5, 5.41) is 0. The number of nitrogens with zero attached hydrogens (tertiary/aromatic N) is 1. The molecule has 0 aromatic heterocycles. The molecule has 27 heavy (non-hydrogen) atoms. The van der Waals surface area contributed by atoms with Gasteiger partial charge in [0.1, 0.15) is 5.75 Å². The highest BCUT2D eigenvalue weighted by molar-refractivity contribution is 5.98. The van der Waals surface area contributed by atoms with E-state index in [1.54, 1.807) is 31.4 Å². The third kappa shape index (κ3) is 4.55. The average molecular weight is 366 g/mol. The van der Waals surface area contributed by atoms with Crippen molar-refractivity contribution in [2.45, 2.75) is 18.8 Å². The molecule has 1 fully saturated rings. The van der Waals surface area contributed by atoms with Crippen LogP contribution in [0.4, 0.5) is 0 Å². The van der Waals surface area contributed by atoms with Crippen LogP contribution in [-0.2, 0) is 4.79 Å². The van der Waals surface area contributed by atoms with E-state index in [1.165, 1.54) is 5.56 Å². The van der Waals surface area contributed by atoms with Crippen LogP contribution in [0, 0.1) is 5.92 Å². The number of benzene rings is 2. The Kier molecular flexibility index (Phi) is 6.24. The van der Waals surface area contributed by atoms with Crippen molar-refractivity contribution in [1.29, 1.82) is 0 Å². The monoisotopic (exact) mass is 366 g/mol. The Morgan fingerprint density at radius 1 is 1.04 bits per heavy atom. The second kappa shape index (κ2) is 8.82. The van der Waals surface area contributed by atoms with E-state index in [0.717, 1.165) is 0 Å². The molecule has 2 aromatic carbocycles. The predicted molar refractivity (Wildman–Crippen MR) is 105 cm³/mol. The third-order valence-corrected chi connectivity index (χ3v) is 5.30. The highest BCUT2D eigenvalue weighted by Gasteiger charge is 2.35. The van der Waals surface area contributed by atoms with E-state index in [1.807, 2.05) is 23.1 Å². The SMILES string of the molecule is COc1ccc(C(=O)CCC(=O)N2C[C@@H](CN)[C@H](c3ccccc3)C2)cc1. The molecule has 5 nitrogen and oxygen atoms in total. The molecule has 5 heteroatoms. The maximum atomic E-state index is 12.6. The van der Waals surface area contributed by atoms with Crippen LogP contribution in [0.5, 0.6) is 5.75 Å². The van der Waals surface area contributed by atoms with Crippen molar-refractivity contribution in [3.05, 3.63) is 65.7 Å². The van der Waals surface area contributed by atoms with E-state index in [2.05, 4.69) is 12.1 Å². The van der Waals surface area contributed by atoms with Gasteiger partial charge in [-0.05, 0) is 42.3 Å². The van der Waals surface area contributed by atoms with E-state index < -0.39 is 0 Å². The molecule has 1 amide bonds. The minimum absolute atomic E-state index is 0.0220. The lowest BCUT2D eigenvalue weighted by Crippen LogP contribution is -2.30. The summed E-state index contributed by atoms with van der Waals surface area (Å²) in [6.07, 6.45) is 0.439. The van der Waals surface area contributed by atoms with Crippen LogP contribution < -0.4 is 10.5 Å². The molecular weight excluding hydrogens is 340 g/mol. The molecule has 0 spiro atoms. The Morgan fingerprint density at radius 2 is 1.74 bits per heavy atom. The van der Waals surface area contributed by atoms with Gasteiger partial charge in [-0.2, -0.15) is 0 Å². The first-order valence-electron chi connectivity index (χ1n) is 9.32. The summed E-state index contributed by atoms with van der Waals surface area (Å²) >= 11 is 0. The van der Waals surface area contributed by atoms with E-state index in [9.17, 15) is 9.59 Å². The number of carbonyl (C=O) groups is 2. The van der Waals surface area contributed by atoms with Gasteiger partial charge < -0.3 is 15.4 Å². The number of hydrogen-bond donors (Lipinski definition) is 1. The van der Waals surface area contributed by atoms with Gasteiger partial charge in [0.2, 0.25) is 5.91 Å². The number of methoxy groups -OCH3 is 1. The van der Waals surface area contributed by atoms with E-state index >= 15 is 0 Å². The van der Waals surface area contributed by atoms with Gasteiger partial charge in [0.15, 0.2) is 5.78 Å². The highest BCUT2D eigenvalue weighted by Crippen LogP contribution is 2.32.